The van der Waals surface area contributed by atoms with Crippen molar-refractivity contribution in [1.82, 2.24) is 14.8 Å². The molecular formula is C26H18BIrN3O-. The van der Waals surface area contributed by atoms with E-state index in [0.29, 0.717) is 0 Å². The van der Waals surface area contributed by atoms with Crippen LogP contribution in [0.15, 0.2) is 114 Å². The first-order chi connectivity index (χ1) is 15.4. The first kappa shape index (κ1) is 21.8. The van der Waals surface area contributed by atoms with E-state index in [4.69, 9.17) is 4.42 Å². The molecule has 0 saturated heterocycles. The van der Waals surface area contributed by atoms with E-state index in [1.165, 1.54) is 5.46 Å². The average molecular weight is 591 g/mol. The van der Waals surface area contributed by atoms with Gasteiger partial charge in [0.15, 0.2) is 12.9 Å². The maximum absolute atomic E-state index is 5.85. The predicted molar refractivity (Wildman–Crippen MR) is 125 cm³/mol. The van der Waals surface area contributed by atoms with Crippen molar-refractivity contribution in [2.75, 3.05) is 0 Å². The van der Waals surface area contributed by atoms with Gasteiger partial charge in [0.1, 0.15) is 11.1 Å². The maximum atomic E-state index is 5.85. The van der Waals surface area contributed by atoms with Crippen LogP contribution in [0.3, 0.4) is 0 Å². The molecule has 0 N–H and O–H groups in total. The van der Waals surface area contributed by atoms with Crippen LogP contribution in [-0.4, -0.2) is 22.0 Å². The molecule has 3 heterocycles. The fourth-order valence-corrected chi connectivity index (χ4v) is 3.45. The Morgan fingerprint density at radius 1 is 0.781 bits per heavy atom. The molecule has 0 bridgehead atoms. The van der Waals surface area contributed by atoms with E-state index in [1.807, 2.05) is 79.0 Å². The van der Waals surface area contributed by atoms with Gasteiger partial charge in [-0.1, -0.05) is 53.4 Å². The van der Waals surface area contributed by atoms with Gasteiger partial charge in [0.25, 0.3) is 0 Å². The van der Waals surface area contributed by atoms with E-state index in [-0.39, 0.29) is 20.1 Å². The van der Waals surface area contributed by atoms with Crippen LogP contribution < -0.4 is 10.9 Å². The van der Waals surface area contributed by atoms with Crippen LogP contribution in [0.25, 0.3) is 27.8 Å². The molecule has 2 radical (unpaired) electrons. The Kier molecular flexibility index (Phi) is 6.95. The fraction of sp³-hybridized carbons (Fsp3) is 0. The summed E-state index contributed by atoms with van der Waals surface area (Å²) in [5, 5.41) is 5.15. The van der Waals surface area contributed by atoms with Gasteiger partial charge in [-0.15, -0.1) is 6.07 Å². The monoisotopic (exact) mass is 592 g/mol. The van der Waals surface area contributed by atoms with Crippen LogP contribution in [0.4, 0.5) is 0 Å². The minimum atomic E-state index is 0. The summed E-state index contributed by atoms with van der Waals surface area (Å²) in [4.78, 5) is 4.46. The van der Waals surface area contributed by atoms with E-state index in [9.17, 15) is 0 Å². The van der Waals surface area contributed by atoms with E-state index in [2.05, 4.69) is 41.6 Å². The predicted octanol–water partition coefficient (Wildman–Crippen LogP) is 4.31. The van der Waals surface area contributed by atoms with Gasteiger partial charge in [-0.3, -0.25) is 9.67 Å². The first-order valence-corrected chi connectivity index (χ1v) is 10.0. The maximum Gasteiger partial charge on any atom is 0.192 e. The van der Waals surface area contributed by atoms with Gasteiger partial charge in [0.05, 0.1) is 0 Å². The minimum absolute atomic E-state index is 0. The van der Waals surface area contributed by atoms with Crippen molar-refractivity contribution in [3.05, 3.63) is 116 Å². The Hall–Kier alpha value is -3.47. The number of fused-ring (bicyclic) bond motifs is 3. The topological polar surface area (TPSA) is 43.9 Å². The van der Waals surface area contributed by atoms with Crippen molar-refractivity contribution < 1.29 is 24.5 Å². The number of hydrogen-bond acceptors (Lipinski definition) is 3. The van der Waals surface area contributed by atoms with Crippen LogP contribution in [-0.2, 0) is 20.1 Å². The van der Waals surface area contributed by atoms with Gasteiger partial charge in [-0.2, -0.15) is 29.4 Å². The number of para-hydroxylation sites is 1. The van der Waals surface area contributed by atoms with Gasteiger partial charge < -0.3 is 4.42 Å². The second-order valence-corrected chi connectivity index (χ2v) is 6.93. The summed E-state index contributed by atoms with van der Waals surface area (Å²) in [7, 11) is 2.16. The number of nitrogens with zero attached hydrogens (tertiary/aromatic N) is 3. The van der Waals surface area contributed by atoms with Gasteiger partial charge >= 0.3 is 0 Å². The van der Waals surface area contributed by atoms with Crippen LogP contribution in [0.2, 0.25) is 0 Å². The van der Waals surface area contributed by atoms with Gasteiger partial charge in [-0.05, 0) is 30.0 Å². The molecule has 156 valence electrons. The van der Waals surface area contributed by atoms with Crippen LogP contribution in [0, 0.1) is 6.07 Å². The van der Waals surface area contributed by atoms with Gasteiger partial charge in [0.2, 0.25) is 0 Å². The van der Waals surface area contributed by atoms with Crippen molar-refractivity contribution in [1.29, 1.82) is 0 Å². The number of aromatic nitrogens is 3. The summed E-state index contributed by atoms with van der Waals surface area (Å²) in [6.07, 6.45) is 5.45. The smallest absolute Gasteiger partial charge is 0.192 e. The number of furan rings is 1. The molecule has 6 rings (SSSR count). The molecule has 0 spiro atoms. The summed E-state index contributed by atoms with van der Waals surface area (Å²) in [5.74, 6) is 0. The third-order valence-electron chi connectivity index (χ3n) is 4.85. The molecular weight excluding hydrogens is 573 g/mol. The van der Waals surface area contributed by atoms with E-state index in [1.54, 1.807) is 17.1 Å². The summed E-state index contributed by atoms with van der Waals surface area (Å²) in [5.41, 5.74) is 5.90. The molecule has 0 aliphatic heterocycles. The second-order valence-electron chi connectivity index (χ2n) is 6.93. The summed E-state index contributed by atoms with van der Waals surface area (Å²) >= 11 is 0. The summed E-state index contributed by atoms with van der Waals surface area (Å²) < 4.78 is 7.63. The van der Waals surface area contributed by atoms with Gasteiger partial charge in [-0.25, -0.2) is 0 Å². The largest absolute Gasteiger partial charge is 0.454 e. The Morgan fingerprint density at radius 3 is 2.41 bits per heavy atom. The molecule has 0 saturated carbocycles. The summed E-state index contributed by atoms with van der Waals surface area (Å²) in [6, 6.07) is 32.9. The molecule has 6 heteroatoms. The minimum Gasteiger partial charge on any atom is -0.454 e. The third kappa shape index (κ3) is 4.72. The van der Waals surface area contributed by atoms with Crippen molar-refractivity contribution >= 4 is 40.3 Å². The van der Waals surface area contributed by atoms with Crippen molar-refractivity contribution in [3.63, 3.8) is 0 Å². The van der Waals surface area contributed by atoms with Crippen molar-refractivity contribution in [2.24, 2.45) is 0 Å². The molecule has 4 nitrogen and oxygen atoms in total. The molecule has 32 heavy (non-hydrogen) atoms. The number of rotatable bonds is 3. The molecule has 3 aromatic carbocycles. The number of benzene rings is 3. The van der Waals surface area contributed by atoms with Crippen molar-refractivity contribution in [3.8, 4) is 5.69 Å². The number of pyridine rings is 1. The second kappa shape index (κ2) is 10.2. The summed E-state index contributed by atoms with van der Waals surface area (Å²) in [6.45, 7) is 0. The molecule has 3 aromatic heterocycles. The molecule has 0 atom stereocenters. The Labute approximate surface area is 200 Å². The van der Waals surface area contributed by atoms with E-state index >= 15 is 0 Å². The molecule has 0 fully saturated rings. The molecule has 0 aliphatic carbocycles. The van der Waals surface area contributed by atoms with Crippen molar-refractivity contribution in [2.45, 2.75) is 0 Å². The van der Waals surface area contributed by atoms with Crippen LogP contribution in [0.1, 0.15) is 0 Å². The molecule has 0 unspecified atom stereocenters. The SMILES string of the molecule is [B](c1ccccc1)c1cccc2oc3cccnc3c12.[Ir].[c-]1ccccc1-n1cccn1. The van der Waals surface area contributed by atoms with Gasteiger partial charge in [0, 0.05) is 44.1 Å². The molecule has 0 amide bonds. The standard InChI is InChI=1S/C17H11BNO.C9H7N2.Ir/c1-2-6-12(7-3-1)18-13-8-4-9-14-16(13)17-15(20-14)10-5-11-19-17;1-2-5-9(6-3-1)11-8-4-7-10-11;/h1-11H;1-5,7-8H;/q;-1;. The molecule has 6 aromatic rings. The van der Waals surface area contributed by atoms with Crippen LogP contribution >= 0.6 is 0 Å². The first-order valence-electron chi connectivity index (χ1n) is 10.0. The van der Waals surface area contributed by atoms with Crippen LogP contribution in [0.5, 0.6) is 0 Å². The zero-order valence-electron chi connectivity index (χ0n) is 17.1. The number of hydrogen-bond donors (Lipinski definition) is 0. The zero-order chi connectivity index (χ0) is 20.9. The van der Waals surface area contributed by atoms with E-state index in [0.717, 1.165) is 33.2 Å². The normalized spacial score (nSPS) is 10.2. The fourth-order valence-electron chi connectivity index (χ4n) is 3.45. The molecule has 0 aliphatic rings. The third-order valence-corrected chi connectivity index (χ3v) is 4.85. The zero-order valence-corrected chi connectivity index (χ0v) is 19.4. The average Bonchev–Trinajstić information content (AvgIpc) is 3.49. The van der Waals surface area contributed by atoms with E-state index < -0.39 is 0 Å². The Balaban J connectivity index is 0.000000174. The Morgan fingerprint density at radius 2 is 1.62 bits per heavy atom. The Bertz CT molecular complexity index is 1400. The quantitative estimate of drug-likeness (QED) is 0.228.